The summed E-state index contributed by atoms with van der Waals surface area (Å²) in [6, 6.07) is 3.56. The second-order valence-electron chi connectivity index (χ2n) is 3.38. The Kier molecular flexibility index (Phi) is 3.04. The van der Waals surface area contributed by atoms with E-state index in [9.17, 15) is 18.0 Å². The minimum atomic E-state index is -4.58. The Hall–Kier alpha value is -1.83. The van der Waals surface area contributed by atoms with Gasteiger partial charge in [-0.3, -0.25) is 4.79 Å². The smallest absolute Gasteiger partial charge is 0.294 e. The van der Waals surface area contributed by atoms with E-state index in [-0.39, 0.29) is 11.1 Å². The fourth-order valence-corrected chi connectivity index (χ4v) is 1.35. The minimum Gasteiger partial charge on any atom is -0.294 e. The van der Waals surface area contributed by atoms with Crippen LogP contribution >= 0.6 is 0 Å². The second kappa shape index (κ2) is 3.97. The van der Waals surface area contributed by atoms with Crippen LogP contribution in [0.15, 0.2) is 12.1 Å². The van der Waals surface area contributed by atoms with Crippen LogP contribution in [0.5, 0.6) is 0 Å². The molecule has 0 N–H and O–H groups in total. The van der Waals surface area contributed by atoms with E-state index in [4.69, 9.17) is 5.26 Å². The summed E-state index contributed by atoms with van der Waals surface area (Å²) in [5.74, 6) is -0.705. The molecule has 1 aromatic carbocycles. The Morgan fingerprint density at radius 2 is 1.94 bits per heavy atom. The molecule has 0 saturated carbocycles. The Bertz CT molecular complexity index is 483. The van der Waals surface area contributed by atoms with Crippen molar-refractivity contribution >= 4 is 5.78 Å². The summed E-state index contributed by atoms with van der Waals surface area (Å²) >= 11 is 0. The lowest BCUT2D eigenvalue weighted by atomic mass is 9.97. The maximum Gasteiger partial charge on any atom is 0.417 e. The van der Waals surface area contributed by atoms with Crippen LogP contribution in [-0.2, 0) is 6.18 Å². The predicted octanol–water partition coefficient (Wildman–Crippen LogP) is 3.09. The summed E-state index contributed by atoms with van der Waals surface area (Å²) in [4.78, 5) is 11.1. The first-order chi connectivity index (χ1) is 7.27. The zero-order chi connectivity index (χ0) is 12.5. The van der Waals surface area contributed by atoms with Gasteiger partial charge in [0.1, 0.15) is 0 Å². The van der Waals surface area contributed by atoms with Crippen molar-refractivity contribution in [2.45, 2.75) is 20.0 Å². The molecule has 1 aromatic rings. The van der Waals surface area contributed by atoms with Gasteiger partial charge in [-0.1, -0.05) is 0 Å². The number of Topliss-reactive ketones (excluding diaryl/α,β-unsaturated/α-hetero) is 1. The van der Waals surface area contributed by atoms with Gasteiger partial charge >= 0.3 is 6.18 Å². The molecule has 0 heterocycles. The first-order valence-electron chi connectivity index (χ1n) is 4.40. The predicted molar refractivity (Wildman–Crippen MR) is 50.9 cm³/mol. The van der Waals surface area contributed by atoms with E-state index in [1.807, 2.05) is 0 Å². The zero-order valence-corrected chi connectivity index (χ0v) is 8.64. The molecule has 0 fully saturated rings. The van der Waals surface area contributed by atoms with Crippen LogP contribution in [-0.4, -0.2) is 5.78 Å². The highest BCUT2D eigenvalue weighted by atomic mass is 19.4. The van der Waals surface area contributed by atoms with E-state index in [1.54, 1.807) is 6.07 Å². The number of hydrogen-bond donors (Lipinski definition) is 0. The molecule has 0 amide bonds. The monoisotopic (exact) mass is 227 g/mol. The highest BCUT2D eigenvalue weighted by molar-refractivity contribution is 5.96. The van der Waals surface area contributed by atoms with E-state index in [1.165, 1.54) is 6.92 Å². The summed E-state index contributed by atoms with van der Waals surface area (Å²) in [6.45, 7) is 2.44. The summed E-state index contributed by atoms with van der Waals surface area (Å²) in [6.07, 6.45) is -4.58. The molecule has 0 aliphatic carbocycles. The molecule has 0 unspecified atom stereocenters. The topological polar surface area (TPSA) is 40.9 Å². The van der Waals surface area contributed by atoms with Gasteiger partial charge in [0.25, 0.3) is 0 Å². The highest BCUT2D eigenvalue weighted by Gasteiger charge is 2.35. The third-order valence-corrected chi connectivity index (χ3v) is 2.17. The van der Waals surface area contributed by atoms with Crippen LogP contribution in [0.25, 0.3) is 0 Å². The average molecular weight is 227 g/mol. The number of nitriles is 1. The maximum atomic E-state index is 12.6. The lowest BCUT2D eigenvalue weighted by Crippen LogP contribution is -2.12. The fourth-order valence-electron chi connectivity index (χ4n) is 1.35. The van der Waals surface area contributed by atoms with E-state index in [0.717, 1.165) is 19.1 Å². The van der Waals surface area contributed by atoms with Crippen LogP contribution in [0.1, 0.15) is 34.0 Å². The van der Waals surface area contributed by atoms with Gasteiger partial charge in [-0.25, -0.2) is 0 Å². The van der Waals surface area contributed by atoms with Crippen molar-refractivity contribution in [3.63, 3.8) is 0 Å². The standard InChI is InChI=1S/C11H8F3NO/c1-6-3-10(11(12,13)14)9(7(2)16)4-8(6)5-15/h3-4H,1-2H3. The van der Waals surface area contributed by atoms with Crippen molar-refractivity contribution in [3.05, 3.63) is 34.4 Å². The van der Waals surface area contributed by atoms with E-state index in [2.05, 4.69) is 0 Å². The van der Waals surface area contributed by atoms with Gasteiger partial charge in [0.05, 0.1) is 17.2 Å². The van der Waals surface area contributed by atoms with Gasteiger partial charge < -0.3 is 0 Å². The number of carbonyl (C=O) groups is 1. The number of alkyl halides is 3. The molecule has 0 spiro atoms. The molecule has 0 radical (unpaired) electrons. The molecular formula is C11H8F3NO. The van der Waals surface area contributed by atoms with Crippen molar-refractivity contribution in [2.24, 2.45) is 0 Å². The van der Waals surface area contributed by atoms with Gasteiger partial charge in [-0.05, 0) is 31.5 Å². The van der Waals surface area contributed by atoms with Crippen LogP contribution < -0.4 is 0 Å². The Labute approximate surface area is 90.3 Å². The van der Waals surface area contributed by atoms with Gasteiger partial charge in [0.2, 0.25) is 0 Å². The van der Waals surface area contributed by atoms with Crippen LogP contribution in [0.4, 0.5) is 13.2 Å². The van der Waals surface area contributed by atoms with Gasteiger partial charge in [0.15, 0.2) is 5.78 Å². The van der Waals surface area contributed by atoms with Gasteiger partial charge in [-0.2, -0.15) is 18.4 Å². The maximum absolute atomic E-state index is 12.6. The summed E-state index contributed by atoms with van der Waals surface area (Å²) < 4.78 is 37.8. The number of nitrogens with zero attached hydrogens (tertiary/aromatic N) is 1. The van der Waals surface area contributed by atoms with Crippen LogP contribution in [0, 0.1) is 18.3 Å². The normalized spacial score (nSPS) is 11.0. The molecule has 2 nitrogen and oxygen atoms in total. The van der Waals surface area contributed by atoms with Gasteiger partial charge in [-0.15, -0.1) is 0 Å². The fraction of sp³-hybridized carbons (Fsp3) is 0.273. The number of hydrogen-bond acceptors (Lipinski definition) is 2. The van der Waals surface area contributed by atoms with E-state index >= 15 is 0 Å². The summed E-state index contributed by atoms with van der Waals surface area (Å²) in [7, 11) is 0. The van der Waals surface area contributed by atoms with Crippen molar-refractivity contribution in [2.75, 3.05) is 0 Å². The van der Waals surface area contributed by atoms with Crippen molar-refractivity contribution in [1.29, 1.82) is 5.26 Å². The molecule has 0 atom stereocenters. The number of aryl methyl sites for hydroxylation is 1. The molecule has 0 aliphatic rings. The number of carbonyl (C=O) groups excluding carboxylic acids is 1. The zero-order valence-electron chi connectivity index (χ0n) is 8.64. The lowest BCUT2D eigenvalue weighted by Gasteiger charge is -2.12. The van der Waals surface area contributed by atoms with E-state index in [0.29, 0.717) is 0 Å². The number of ketones is 1. The molecule has 0 bridgehead atoms. The first kappa shape index (κ1) is 12.2. The summed E-state index contributed by atoms with van der Waals surface area (Å²) in [5.41, 5.74) is -1.16. The number of rotatable bonds is 1. The molecular weight excluding hydrogens is 219 g/mol. The average Bonchev–Trinajstić information content (AvgIpc) is 2.15. The largest absolute Gasteiger partial charge is 0.417 e. The van der Waals surface area contributed by atoms with Crippen molar-refractivity contribution < 1.29 is 18.0 Å². The molecule has 1 rings (SSSR count). The van der Waals surface area contributed by atoms with Crippen LogP contribution in [0.3, 0.4) is 0 Å². The Morgan fingerprint density at radius 3 is 2.31 bits per heavy atom. The molecule has 84 valence electrons. The van der Waals surface area contributed by atoms with Crippen molar-refractivity contribution in [3.8, 4) is 6.07 Å². The van der Waals surface area contributed by atoms with E-state index < -0.39 is 23.1 Å². The minimum absolute atomic E-state index is 0.0817. The second-order valence-corrected chi connectivity index (χ2v) is 3.38. The Balaban J connectivity index is 3.57. The first-order valence-corrected chi connectivity index (χ1v) is 4.40. The number of halogens is 3. The van der Waals surface area contributed by atoms with Crippen LogP contribution in [0.2, 0.25) is 0 Å². The third-order valence-electron chi connectivity index (χ3n) is 2.17. The quantitative estimate of drug-likeness (QED) is 0.691. The highest BCUT2D eigenvalue weighted by Crippen LogP contribution is 2.33. The van der Waals surface area contributed by atoms with Crippen molar-refractivity contribution in [1.82, 2.24) is 0 Å². The third kappa shape index (κ3) is 2.22. The molecule has 0 aliphatic heterocycles. The SMILES string of the molecule is CC(=O)c1cc(C#N)c(C)cc1C(F)(F)F. The molecule has 0 saturated heterocycles. The summed E-state index contributed by atoms with van der Waals surface area (Å²) in [5, 5.41) is 8.68. The van der Waals surface area contributed by atoms with Gasteiger partial charge in [0, 0.05) is 5.56 Å². The molecule has 5 heteroatoms. The Morgan fingerprint density at radius 1 is 1.38 bits per heavy atom. The lowest BCUT2D eigenvalue weighted by molar-refractivity contribution is -0.137. The number of benzene rings is 1. The molecule has 0 aromatic heterocycles. The molecule has 16 heavy (non-hydrogen) atoms.